The van der Waals surface area contributed by atoms with Gasteiger partial charge in [-0.3, -0.25) is 0 Å². The van der Waals surface area contributed by atoms with Gasteiger partial charge < -0.3 is 0 Å². The fourth-order valence-corrected chi connectivity index (χ4v) is 5.09. The Morgan fingerprint density at radius 2 is 0.574 bits per heavy atom. The zero-order valence-electron chi connectivity index (χ0n) is 24.4. The fourth-order valence-electron chi connectivity index (χ4n) is 5.09. The Morgan fingerprint density at radius 3 is 0.852 bits per heavy atom. The van der Waals surface area contributed by atoms with E-state index in [4.69, 9.17) is 0 Å². The molecule has 0 radical (unpaired) electrons. The third-order valence-electron chi connectivity index (χ3n) is 7.19. The zero-order chi connectivity index (χ0) is 39.9. The van der Waals surface area contributed by atoms with Gasteiger partial charge in [0.25, 0.3) is 0 Å². The van der Waals surface area contributed by atoms with Gasteiger partial charge in [-0.1, -0.05) is 0 Å². The van der Waals surface area contributed by atoms with Crippen molar-refractivity contribution in [3.05, 3.63) is 46.0 Å². The minimum atomic E-state index is -5.88. The molecule has 0 spiro atoms. The summed E-state index contributed by atoms with van der Waals surface area (Å²) in [7, 11) is 0. The summed E-state index contributed by atoms with van der Waals surface area (Å²) >= 11 is 0. The number of aromatic nitrogens is 10. The Labute approximate surface area is 279 Å². The third-order valence-corrected chi connectivity index (χ3v) is 7.19. The molecule has 10 nitrogen and oxygen atoms in total. The molecule has 0 fully saturated rings. The van der Waals surface area contributed by atoms with Crippen molar-refractivity contribution in [3.8, 4) is 0 Å². The van der Waals surface area contributed by atoms with Crippen molar-refractivity contribution in [2.24, 2.45) is 0 Å². The van der Waals surface area contributed by atoms with Crippen molar-refractivity contribution >= 4 is 66.7 Å². The lowest BCUT2D eigenvalue weighted by Crippen LogP contribution is -2.21. The number of hydrogen-bond donors (Lipinski definition) is 0. The Kier molecular flexibility index (Phi) is 7.34. The third kappa shape index (κ3) is 5.91. The topological polar surface area (TPSA) is 129 Å². The SMILES string of the molecule is FC(F)(F)c1cc(C(F)(F)F)c2nc3c(nc2c1)c1nc2nc(C(F)(F)F)c(C(F)(F)F)nc2nc1c1nc2nc(C(F)(F)F)c(C(F)(F)F)nc2nc13. The molecule has 0 atom stereocenters. The van der Waals surface area contributed by atoms with Crippen LogP contribution < -0.4 is 0 Å². The van der Waals surface area contributed by atoms with E-state index >= 15 is 0 Å². The van der Waals surface area contributed by atoms with Gasteiger partial charge in [-0.15, -0.1) is 0 Å². The van der Waals surface area contributed by atoms with Gasteiger partial charge in [-0.2, -0.15) is 79.0 Å². The molecule has 0 saturated heterocycles. The number of benzene rings is 2. The van der Waals surface area contributed by atoms with Gasteiger partial charge in [0, 0.05) is 0 Å². The predicted molar refractivity (Wildman–Crippen MR) is 139 cm³/mol. The van der Waals surface area contributed by atoms with E-state index in [2.05, 4.69) is 49.8 Å². The molecule has 28 heteroatoms. The van der Waals surface area contributed by atoms with E-state index in [9.17, 15) is 79.0 Å². The molecule has 5 heterocycles. The van der Waals surface area contributed by atoms with Gasteiger partial charge >= 0.3 is 37.1 Å². The van der Waals surface area contributed by atoms with Crippen LogP contribution in [0.5, 0.6) is 0 Å². The van der Waals surface area contributed by atoms with Crippen molar-refractivity contribution in [2.45, 2.75) is 37.1 Å². The lowest BCUT2D eigenvalue weighted by atomic mass is 10.1. The number of alkyl halides is 18. The van der Waals surface area contributed by atoms with Crippen molar-refractivity contribution in [3.63, 3.8) is 0 Å². The van der Waals surface area contributed by atoms with Crippen LogP contribution in [0.15, 0.2) is 12.1 Å². The van der Waals surface area contributed by atoms with Gasteiger partial charge in [0.1, 0.15) is 38.6 Å². The molecule has 0 aliphatic carbocycles. The Balaban J connectivity index is 1.74. The van der Waals surface area contributed by atoms with Gasteiger partial charge in [0.05, 0.1) is 16.6 Å². The van der Waals surface area contributed by atoms with Crippen LogP contribution in [0, 0.1) is 0 Å². The van der Waals surface area contributed by atoms with Crippen LogP contribution in [-0.4, -0.2) is 49.8 Å². The van der Waals surface area contributed by atoms with Crippen molar-refractivity contribution in [1.29, 1.82) is 0 Å². The summed E-state index contributed by atoms with van der Waals surface area (Å²) in [6.07, 6.45) is -34.6. The lowest BCUT2D eigenvalue weighted by molar-refractivity contribution is -0.167. The summed E-state index contributed by atoms with van der Waals surface area (Å²) in [5.74, 6) is 0. The molecule has 7 aromatic rings. The van der Waals surface area contributed by atoms with Gasteiger partial charge in [0.15, 0.2) is 45.4 Å². The molecule has 282 valence electrons. The first kappa shape index (κ1) is 36.5. The summed E-state index contributed by atoms with van der Waals surface area (Å²) < 4.78 is 247. The molecule has 0 aliphatic rings. The maximum absolute atomic E-state index is 14.1. The maximum atomic E-state index is 14.1. The van der Waals surface area contributed by atoms with Crippen LogP contribution in [-0.2, 0) is 37.1 Å². The van der Waals surface area contributed by atoms with E-state index in [0.29, 0.717) is 0 Å². The predicted octanol–water partition coefficient (Wildman–Crippen LogP) is 8.67. The standard InChI is InChI=1S/C26H2F18N10/c27-21(28,29)3-1-4(22(30,31)32)6-5(2-3)45-7-8(46-6)10-12(50-20-18(48-10)52-14(24(36,37)38)16(54-20)26(42,43)44)11-9(7)47-17-19(49-11)53-15(25(39,40)41)13(51-17)23(33,34)35/h1-2H. The van der Waals surface area contributed by atoms with Crippen LogP contribution >= 0.6 is 0 Å². The van der Waals surface area contributed by atoms with Crippen molar-refractivity contribution in [1.82, 2.24) is 49.8 Å². The number of hydrogen-bond acceptors (Lipinski definition) is 10. The summed E-state index contributed by atoms with van der Waals surface area (Å²) in [5, 5.41) is 0. The number of halogens is 18. The quantitative estimate of drug-likeness (QED) is 0.0836. The summed E-state index contributed by atoms with van der Waals surface area (Å²) in [6, 6.07) is -0.364. The molecule has 2 aromatic carbocycles. The van der Waals surface area contributed by atoms with Crippen molar-refractivity contribution in [2.75, 3.05) is 0 Å². The summed E-state index contributed by atoms with van der Waals surface area (Å²) in [4.78, 5) is 32.9. The molecule has 0 N–H and O–H groups in total. The normalized spacial score (nSPS) is 14.1. The second kappa shape index (κ2) is 10.9. The van der Waals surface area contributed by atoms with Gasteiger partial charge in [-0.25, -0.2) is 49.8 Å². The van der Waals surface area contributed by atoms with Gasteiger partial charge in [-0.05, 0) is 12.1 Å². The van der Waals surface area contributed by atoms with Crippen LogP contribution in [0.2, 0.25) is 0 Å². The number of rotatable bonds is 0. The van der Waals surface area contributed by atoms with E-state index in [1.807, 2.05) is 0 Å². The van der Waals surface area contributed by atoms with E-state index in [-0.39, 0.29) is 6.07 Å². The molecule has 5 aromatic heterocycles. The molecule has 0 amide bonds. The maximum Gasteiger partial charge on any atom is 0.435 e. The van der Waals surface area contributed by atoms with E-state index in [1.165, 1.54) is 0 Å². The van der Waals surface area contributed by atoms with E-state index < -0.39 is 144 Å². The van der Waals surface area contributed by atoms with Crippen molar-refractivity contribution < 1.29 is 79.0 Å². The first-order chi connectivity index (χ1) is 24.5. The van der Waals surface area contributed by atoms with Gasteiger partial charge in [0.2, 0.25) is 0 Å². The van der Waals surface area contributed by atoms with Crippen LogP contribution in [0.4, 0.5) is 79.0 Å². The second-order valence-electron chi connectivity index (χ2n) is 10.8. The Morgan fingerprint density at radius 1 is 0.278 bits per heavy atom. The zero-order valence-corrected chi connectivity index (χ0v) is 24.4. The molecule has 54 heavy (non-hydrogen) atoms. The highest BCUT2D eigenvalue weighted by atomic mass is 19.4. The monoisotopic (exact) mass is 796 g/mol. The van der Waals surface area contributed by atoms with Crippen LogP contribution in [0.25, 0.3) is 66.7 Å². The van der Waals surface area contributed by atoms with Crippen LogP contribution in [0.3, 0.4) is 0 Å². The first-order valence-electron chi connectivity index (χ1n) is 13.5. The second-order valence-corrected chi connectivity index (χ2v) is 10.8. The molecular weight excluding hydrogens is 794 g/mol. The highest BCUT2D eigenvalue weighted by molar-refractivity contribution is 6.20. The summed E-state index contributed by atoms with van der Waals surface area (Å²) in [5.41, 5.74) is -29.5. The minimum absolute atomic E-state index is 0.0323. The highest BCUT2D eigenvalue weighted by Crippen LogP contribution is 2.43. The summed E-state index contributed by atoms with van der Waals surface area (Å²) in [6.45, 7) is 0. The van der Waals surface area contributed by atoms with E-state index in [0.717, 1.165) is 0 Å². The Bertz CT molecular complexity index is 2690. The molecular formula is C26H2F18N10. The Hall–Kier alpha value is -5.86. The molecule has 0 aliphatic heterocycles. The molecule has 0 bridgehead atoms. The lowest BCUT2D eigenvalue weighted by Gasteiger charge is -2.16. The van der Waals surface area contributed by atoms with Crippen LogP contribution in [0.1, 0.15) is 33.9 Å². The number of nitrogens with zero attached hydrogens (tertiary/aromatic N) is 10. The largest absolute Gasteiger partial charge is 0.435 e. The average molecular weight is 796 g/mol. The molecule has 0 saturated carbocycles. The fraction of sp³-hybridized carbons (Fsp3) is 0.231. The molecule has 7 rings (SSSR count). The molecule has 0 unspecified atom stereocenters. The van der Waals surface area contributed by atoms with E-state index in [1.54, 1.807) is 0 Å². The number of fused-ring (bicyclic) bond motifs is 9. The smallest absolute Gasteiger partial charge is 0.242 e. The average Bonchev–Trinajstić information content (AvgIpc) is 3.01. The minimum Gasteiger partial charge on any atom is -0.242 e. The first-order valence-corrected chi connectivity index (χ1v) is 13.5. The highest BCUT2D eigenvalue weighted by Gasteiger charge is 2.48.